The first-order valence-corrected chi connectivity index (χ1v) is 11.0. The highest BCUT2D eigenvalue weighted by Crippen LogP contribution is 2.33. The highest BCUT2D eigenvalue weighted by Gasteiger charge is 2.20. The van der Waals surface area contributed by atoms with E-state index in [2.05, 4.69) is 4.98 Å². The first-order valence-electron chi connectivity index (χ1n) is 10.2. The molecular weight excluding hydrogens is 405 g/mol. The molecule has 3 aromatic rings. The van der Waals surface area contributed by atoms with Crippen molar-refractivity contribution in [2.45, 2.75) is 38.6 Å². The summed E-state index contributed by atoms with van der Waals surface area (Å²) in [4.78, 5) is 33.5. The lowest BCUT2D eigenvalue weighted by molar-refractivity contribution is -0.130. The summed E-state index contributed by atoms with van der Waals surface area (Å²) in [5, 5.41) is 0.733. The van der Waals surface area contributed by atoms with Crippen molar-refractivity contribution in [3.63, 3.8) is 0 Å². The number of para-hydroxylation sites is 1. The van der Waals surface area contributed by atoms with Crippen LogP contribution in [0, 0.1) is 5.82 Å². The van der Waals surface area contributed by atoms with Crippen LogP contribution < -0.4 is 10.3 Å². The lowest BCUT2D eigenvalue weighted by Crippen LogP contribution is -2.32. The van der Waals surface area contributed by atoms with Crippen LogP contribution in [0.3, 0.4) is 0 Å². The number of rotatable bonds is 7. The smallest absolute Gasteiger partial charge is 0.262 e. The maximum absolute atomic E-state index is 13.6. The average molecular weight is 430 g/mol. The lowest BCUT2D eigenvalue weighted by atomic mass is 9.97. The van der Waals surface area contributed by atoms with Gasteiger partial charge in [-0.3, -0.25) is 14.2 Å². The normalized spacial score (nSPS) is 13.3. The molecular formula is C22H24FN3O3S. The van der Waals surface area contributed by atoms with E-state index in [0.717, 1.165) is 41.5 Å². The molecule has 1 aliphatic carbocycles. The highest BCUT2D eigenvalue weighted by atomic mass is 32.1. The van der Waals surface area contributed by atoms with Crippen LogP contribution in [0.2, 0.25) is 0 Å². The van der Waals surface area contributed by atoms with Crippen molar-refractivity contribution in [3.05, 3.63) is 57.2 Å². The van der Waals surface area contributed by atoms with Gasteiger partial charge in [-0.2, -0.15) is 0 Å². The van der Waals surface area contributed by atoms with Crippen LogP contribution in [0.15, 0.2) is 35.4 Å². The van der Waals surface area contributed by atoms with Crippen molar-refractivity contribution in [2.75, 3.05) is 20.2 Å². The largest absolute Gasteiger partial charge is 0.489 e. The number of thiophene rings is 1. The molecule has 0 saturated heterocycles. The van der Waals surface area contributed by atoms with Gasteiger partial charge >= 0.3 is 0 Å². The monoisotopic (exact) mass is 429 g/mol. The van der Waals surface area contributed by atoms with Gasteiger partial charge in [0.25, 0.3) is 5.56 Å². The fourth-order valence-corrected chi connectivity index (χ4v) is 4.95. The van der Waals surface area contributed by atoms with E-state index < -0.39 is 5.82 Å². The molecule has 0 atom stereocenters. The zero-order valence-corrected chi connectivity index (χ0v) is 17.7. The van der Waals surface area contributed by atoms with E-state index >= 15 is 0 Å². The molecule has 0 radical (unpaired) electrons. The zero-order chi connectivity index (χ0) is 21.1. The third kappa shape index (κ3) is 4.23. The number of aryl methyl sites for hydroxylation is 3. The fraction of sp³-hybridized carbons (Fsp3) is 0.409. The number of carbonyl (C=O) groups excluding carboxylic acids is 1. The van der Waals surface area contributed by atoms with Crippen LogP contribution in [0.1, 0.15) is 29.7 Å². The molecule has 1 amide bonds. The summed E-state index contributed by atoms with van der Waals surface area (Å²) in [6.45, 7) is 0.804. The van der Waals surface area contributed by atoms with Crippen LogP contribution in [-0.2, 0) is 24.2 Å². The van der Waals surface area contributed by atoms with Crippen LogP contribution in [0.25, 0.3) is 10.2 Å². The molecule has 30 heavy (non-hydrogen) atoms. The van der Waals surface area contributed by atoms with Crippen LogP contribution in [0.5, 0.6) is 5.75 Å². The maximum Gasteiger partial charge on any atom is 0.262 e. The Kier molecular flexibility index (Phi) is 6.13. The van der Waals surface area contributed by atoms with Gasteiger partial charge in [-0.1, -0.05) is 12.1 Å². The zero-order valence-electron chi connectivity index (χ0n) is 16.9. The van der Waals surface area contributed by atoms with Crippen LogP contribution in [0.4, 0.5) is 4.39 Å². The van der Waals surface area contributed by atoms with E-state index in [9.17, 15) is 14.0 Å². The van der Waals surface area contributed by atoms with Crippen molar-refractivity contribution < 1.29 is 13.9 Å². The Labute approximate surface area is 177 Å². The summed E-state index contributed by atoms with van der Waals surface area (Å²) in [6.07, 6.45) is 5.95. The van der Waals surface area contributed by atoms with E-state index in [0.29, 0.717) is 6.54 Å². The standard InChI is InChI=1S/C22H24FN3O3S/c1-25(12-13-29-17-8-4-3-7-16(17)23)19(27)10-11-26-14-24-21-20(22(26)28)15-6-2-5-9-18(15)30-21/h3-4,7-8,14H,2,5-6,9-13H2,1H3. The number of benzene rings is 1. The molecule has 0 spiro atoms. The van der Waals surface area contributed by atoms with Gasteiger partial charge in [0, 0.05) is 24.9 Å². The molecule has 2 aromatic heterocycles. The summed E-state index contributed by atoms with van der Waals surface area (Å²) in [7, 11) is 1.67. The minimum absolute atomic E-state index is 0.0576. The van der Waals surface area contributed by atoms with Crippen LogP contribution >= 0.6 is 11.3 Å². The van der Waals surface area contributed by atoms with Gasteiger partial charge in [0.1, 0.15) is 11.4 Å². The minimum Gasteiger partial charge on any atom is -0.489 e. The Bertz CT molecular complexity index is 1120. The van der Waals surface area contributed by atoms with Gasteiger partial charge in [-0.25, -0.2) is 9.37 Å². The molecule has 1 aliphatic rings. The molecule has 0 bridgehead atoms. The van der Waals surface area contributed by atoms with Gasteiger partial charge in [-0.05, 0) is 43.4 Å². The number of hydrogen-bond donors (Lipinski definition) is 0. The van der Waals surface area contributed by atoms with Crippen molar-refractivity contribution in [1.82, 2.24) is 14.5 Å². The number of hydrogen-bond acceptors (Lipinski definition) is 5. The fourth-order valence-electron chi connectivity index (χ4n) is 3.73. The molecule has 0 unspecified atom stereocenters. The molecule has 6 nitrogen and oxygen atoms in total. The summed E-state index contributed by atoms with van der Waals surface area (Å²) in [5.74, 6) is -0.362. The SMILES string of the molecule is CN(CCOc1ccccc1F)C(=O)CCn1cnc2sc3c(c2c1=O)CCCC3. The third-order valence-electron chi connectivity index (χ3n) is 5.46. The Morgan fingerprint density at radius 2 is 2.10 bits per heavy atom. The molecule has 1 aromatic carbocycles. The lowest BCUT2D eigenvalue weighted by Gasteiger charge is -2.18. The highest BCUT2D eigenvalue weighted by molar-refractivity contribution is 7.18. The van der Waals surface area contributed by atoms with Crippen molar-refractivity contribution in [1.29, 1.82) is 0 Å². The number of ether oxygens (including phenoxy) is 1. The van der Waals surface area contributed by atoms with E-state index in [4.69, 9.17) is 4.74 Å². The number of nitrogens with zero attached hydrogens (tertiary/aromatic N) is 3. The number of aromatic nitrogens is 2. The van der Waals surface area contributed by atoms with Gasteiger partial charge in [-0.15, -0.1) is 11.3 Å². The van der Waals surface area contributed by atoms with E-state index in [-0.39, 0.29) is 36.8 Å². The minimum atomic E-state index is -0.427. The summed E-state index contributed by atoms with van der Waals surface area (Å²) in [5.41, 5.74) is 1.10. The molecule has 0 N–H and O–H groups in total. The quantitative estimate of drug-likeness (QED) is 0.577. The molecule has 4 rings (SSSR count). The van der Waals surface area contributed by atoms with Gasteiger partial charge in [0.2, 0.25) is 5.91 Å². The Balaban J connectivity index is 1.35. The van der Waals surface area contributed by atoms with Crippen LogP contribution in [-0.4, -0.2) is 40.6 Å². The second kappa shape index (κ2) is 8.95. The van der Waals surface area contributed by atoms with E-state index in [1.807, 2.05) is 0 Å². The molecule has 2 heterocycles. The van der Waals surface area contributed by atoms with E-state index in [1.54, 1.807) is 42.9 Å². The molecule has 0 aliphatic heterocycles. The molecule has 0 fully saturated rings. The second-order valence-electron chi connectivity index (χ2n) is 7.48. The van der Waals surface area contributed by atoms with Crippen molar-refractivity contribution in [2.24, 2.45) is 0 Å². The number of fused-ring (bicyclic) bond motifs is 3. The first kappa shape index (κ1) is 20.5. The Morgan fingerprint density at radius 1 is 1.30 bits per heavy atom. The maximum atomic E-state index is 13.6. The van der Waals surface area contributed by atoms with Crippen molar-refractivity contribution >= 4 is 27.5 Å². The first-order chi connectivity index (χ1) is 14.5. The van der Waals surface area contributed by atoms with Gasteiger partial charge in [0.05, 0.1) is 18.3 Å². The number of amides is 1. The van der Waals surface area contributed by atoms with Crippen molar-refractivity contribution in [3.8, 4) is 5.75 Å². The topological polar surface area (TPSA) is 64.4 Å². The summed E-state index contributed by atoms with van der Waals surface area (Å²) >= 11 is 1.62. The molecule has 8 heteroatoms. The molecule has 0 saturated carbocycles. The average Bonchev–Trinajstić information content (AvgIpc) is 3.13. The number of halogens is 1. The third-order valence-corrected chi connectivity index (χ3v) is 6.65. The summed E-state index contributed by atoms with van der Waals surface area (Å²) in [6, 6.07) is 6.17. The predicted octanol–water partition coefficient (Wildman–Crippen LogP) is 3.40. The Morgan fingerprint density at radius 3 is 2.93 bits per heavy atom. The predicted molar refractivity (Wildman–Crippen MR) is 115 cm³/mol. The number of carbonyl (C=O) groups is 1. The molecule has 158 valence electrons. The number of likely N-dealkylation sites (N-methyl/N-ethyl adjacent to an activating group) is 1. The summed E-state index contributed by atoms with van der Waals surface area (Å²) < 4.78 is 20.5. The second-order valence-corrected chi connectivity index (χ2v) is 8.56. The van der Waals surface area contributed by atoms with Gasteiger partial charge in [0.15, 0.2) is 11.6 Å². The van der Waals surface area contributed by atoms with Gasteiger partial charge < -0.3 is 9.64 Å². The Hall–Kier alpha value is -2.74. The van der Waals surface area contributed by atoms with E-state index in [1.165, 1.54) is 20.4 Å².